The minimum absolute atomic E-state index is 0.0598. The van der Waals surface area contributed by atoms with Crippen molar-refractivity contribution in [2.24, 2.45) is 23.5 Å². The Hall–Kier alpha value is -4.09. The first-order valence-electron chi connectivity index (χ1n) is 18.5. The van der Waals surface area contributed by atoms with E-state index in [9.17, 15) is 24.3 Å². The van der Waals surface area contributed by atoms with Gasteiger partial charge in [0.25, 0.3) is 0 Å². The molecule has 6 N–H and O–H groups in total. The predicted molar refractivity (Wildman–Crippen MR) is 197 cm³/mol. The van der Waals surface area contributed by atoms with E-state index in [-0.39, 0.29) is 42.9 Å². The molecule has 1 unspecified atom stereocenters. The van der Waals surface area contributed by atoms with Crippen molar-refractivity contribution in [2.75, 3.05) is 11.9 Å². The minimum Gasteiger partial charge on any atom is -0.390 e. The summed E-state index contributed by atoms with van der Waals surface area (Å²) < 4.78 is 0. The molecule has 1 saturated carbocycles. The molecule has 5 amide bonds. The topological polar surface area (TPSA) is 171 Å². The fourth-order valence-corrected chi connectivity index (χ4v) is 7.83. The summed E-state index contributed by atoms with van der Waals surface area (Å²) in [5.74, 6) is -4.27. The largest absolute Gasteiger partial charge is 0.390 e. The van der Waals surface area contributed by atoms with Gasteiger partial charge >= 0.3 is 0 Å². The fourth-order valence-electron chi connectivity index (χ4n) is 7.83. The predicted octanol–water partition coefficient (Wildman–Crippen LogP) is 4.43. The number of imide groups is 1. The number of para-hydroxylation sites is 1. The Labute approximate surface area is 302 Å². The van der Waals surface area contributed by atoms with Crippen LogP contribution in [0.25, 0.3) is 0 Å². The van der Waals surface area contributed by atoms with Crippen LogP contribution in [0.15, 0.2) is 54.6 Å². The number of anilines is 1. The number of hydrogen-bond acceptors (Lipinski definition) is 7. The van der Waals surface area contributed by atoms with E-state index in [1.165, 1.54) is 6.92 Å². The quantitative estimate of drug-likeness (QED) is 0.172. The lowest BCUT2D eigenvalue weighted by Gasteiger charge is -2.46. The van der Waals surface area contributed by atoms with Crippen molar-refractivity contribution in [3.8, 4) is 0 Å². The number of carbonyl (C=O) groups excluding carboxylic acids is 5. The van der Waals surface area contributed by atoms with E-state index in [4.69, 9.17) is 5.73 Å². The highest BCUT2D eigenvalue weighted by Gasteiger charge is 2.60. The Morgan fingerprint density at radius 3 is 2.24 bits per heavy atom. The summed E-state index contributed by atoms with van der Waals surface area (Å²) in [7, 11) is 0. The number of nitrogens with one attached hydrogen (secondary N) is 3. The molecule has 1 fully saturated rings. The summed E-state index contributed by atoms with van der Waals surface area (Å²) in [5, 5.41) is 20.4. The molecule has 1 aliphatic carbocycles. The van der Waals surface area contributed by atoms with Gasteiger partial charge in [0.1, 0.15) is 5.54 Å². The average molecular weight is 704 g/mol. The van der Waals surface area contributed by atoms with E-state index in [0.29, 0.717) is 24.2 Å². The standard InChI is InChI=1S/C40H57N5O6/c1-25(2)23-40(36-30-18-12-13-19-32(30)43-37(36)49,45(27(5)46)38(50)31(41)20-28-14-8-6-9-15-28)39(51)44-33(21-29-16-10-7-11-17-29)34(47)22-35(48)42-24-26(3)4/h6,8-9,12-15,18-19,25-26,29,31,33-34,36,47H,7,10-11,16-17,20-24,41H2,1-5H3,(H,42,48)(H,43,49)(H,44,51)/t31-,33-,34-,36?,40-/m0/s1. The molecule has 11 nitrogen and oxygen atoms in total. The molecule has 0 bridgehead atoms. The SMILES string of the molecule is CC(=O)N(C(=O)[C@@H](N)Cc1ccccc1)[C@](CC(C)C)(C(=O)N[C@@H](CC1CCCCC1)[C@@H](O)CC(=O)NCC(C)C)C1C(=O)Nc2ccccc21. The Kier molecular flexibility index (Phi) is 13.9. The van der Waals surface area contributed by atoms with Crippen molar-refractivity contribution < 1.29 is 29.1 Å². The van der Waals surface area contributed by atoms with Crippen LogP contribution < -0.4 is 21.7 Å². The van der Waals surface area contributed by atoms with Crippen LogP contribution in [0.4, 0.5) is 5.69 Å². The van der Waals surface area contributed by atoms with Gasteiger partial charge in [-0.2, -0.15) is 0 Å². The molecule has 51 heavy (non-hydrogen) atoms. The number of nitrogens with zero attached hydrogens (tertiary/aromatic N) is 1. The van der Waals surface area contributed by atoms with E-state index >= 15 is 4.79 Å². The third-order valence-electron chi connectivity index (χ3n) is 10.1. The Morgan fingerprint density at radius 1 is 0.961 bits per heavy atom. The number of fused-ring (bicyclic) bond motifs is 1. The Balaban J connectivity index is 1.83. The van der Waals surface area contributed by atoms with Crippen LogP contribution in [-0.2, 0) is 30.4 Å². The summed E-state index contributed by atoms with van der Waals surface area (Å²) >= 11 is 0. The Bertz CT molecular complexity index is 1520. The maximum atomic E-state index is 15.3. The summed E-state index contributed by atoms with van der Waals surface area (Å²) in [6, 6.07) is 14.0. The molecule has 278 valence electrons. The number of amides is 5. The molecule has 0 aromatic heterocycles. The molecule has 2 aromatic rings. The zero-order chi connectivity index (χ0) is 37.3. The van der Waals surface area contributed by atoms with E-state index in [1.807, 2.05) is 58.0 Å². The molecule has 11 heteroatoms. The van der Waals surface area contributed by atoms with E-state index in [1.54, 1.807) is 24.3 Å². The van der Waals surface area contributed by atoms with Crippen molar-refractivity contribution >= 4 is 35.2 Å². The third-order valence-corrected chi connectivity index (χ3v) is 10.1. The maximum absolute atomic E-state index is 15.3. The van der Waals surface area contributed by atoms with Gasteiger partial charge in [-0.3, -0.25) is 28.9 Å². The van der Waals surface area contributed by atoms with Gasteiger partial charge in [0, 0.05) is 19.2 Å². The van der Waals surface area contributed by atoms with Crippen LogP contribution in [0.5, 0.6) is 0 Å². The summed E-state index contributed by atoms with van der Waals surface area (Å²) in [5.41, 5.74) is 6.24. The van der Waals surface area contributed by atoms with Gasteiger partial charge in [0.15, 0.2) is 0 Å². The van der Waals surface area contributed by atoms with Gasteiger partial charge in [0.2, 0.25) is 29.5 Å². The van der Waals surface area contributed by atoms with Crippen LogP contribution in [0.1, 0.15) is 103 Å². The first-order chi connectivity index (χ1) is 24.2. The third kappa shape index (κ3) is 9.83. The van der Waals surface area contributed by atoms with Crippen molar-refractivity contribution in [3.05, 3.63) is 65.7 Å². The van der Waals surface area contributed by atoms with Crippen LogP contribution in [0.2, 0.25) is 0 Å². The Morgan fingerprint density at radius 2 is 1.61 bits per heavy atom. The number of aliphatic hydroxyl groups is 1. The van der Waals surface area contributed by atoms with Crippen LogP contribution in [0.3, 0.4) is 0 Å². The van der Waals surface area contributed by atoms with E-state index in [0.717, 1.165) is 42.6 Å². The van der Waals surface area contributed by atoms with Crippen molar-refractivity contribution in [1.29, 1.82) is 0 Å². The smallest absolute Gasteiger partial charge is 0.247 e. The lowest BCUT2D eigenvalue weighted by molar-refractivity contribution is -0.163. The molecule has 0 spiro atoms. The lowest BCUT2D eigenvalue weighted by Crippen LogP contribution is -2.70. The summed E-state index contributed by atoms with van der Waals surface area (Å²) in [4.78, 5) is 71.8. The molecule has 2 aliphatic rings. The number of rotatable bonds is 16. The number of aliphatic hydroxyl groups excluding tert-OH is 1. The molecule has 0 radical (unpaired) electrons. The zero-order valence-electron chi connectivity index (χ0n) is 30.8. The number of benzene rings is 2. The molecule has 0 saturated heterocycles. The molecular weight excluding hydrogens is 646 g/mol. The second-order valence-corrected chi connectivity index (χ2v) is 15.3. The molecule has 4 rings (SSSR count). The van der Waals surface area contributed by atoms with Gasteiger partial charge in [-0.05, 0) is 54.2 Å². The molecule has 1 heterocycles. The highest BCUT2D eigenvalue weighted by Crippen LogP contribution is 2.46. The van der Waals surface area contributed by atoms with Gasteiger partial charge in [-0.1, -0.05) is 108 Å². The van der Waals surface area contributed by atoms with Gasteiger partial charge in [-0.15, -0.1) is 0 Å². The monoisotopic (exact) mass is 703 g/mol. The molecular formula is C40H57N5O6. The maximum Gasteiger partial charge on any atom is 0.247 e. The number of nitrogens with two attached hydrogens (primary N) is 1. The van der Waals surface area contributed by atoms with E-state index in [2.05, 4.69) is 16.0 Å². The highest BCUT2D eigenvalue weighted by atomic mass is 16.3. The second-order valence-electron chi connectivity index (χ2n) is 15.3. The number of carbonyl (C=O) groups is 5. The van der Waals surface area contributed by atoms with Crippen molar-refractivity contribution in [1.82, 2.24) is 15.5 Å². The normalized spacial score (nSPS) is 19.0. The average Bonchev–Trinajstić information content (AvgIpc) is 3.43. The van der Waals surface area contributed by atoms with Crippen LogP contribution in [0, 0.1) is 17.8 Å². The number of hydrogen-bond donors (Lipinski definition) is 5. The summed E-state index contributed by atoms with van der Waals surface area (Å²) in [6.07, 6.45) is 3.94. The van der Waals surface area contributed by atoms with Crippen molar-refractivity contribution in [2.45, 2.75) is 122 Å². The molecule has 2 aromatic carbocycles. The van der Waals surface area contributed by atoms with Crippen LogP contribution >= 0.6 is 0 Å². The minimum atomic E-state index is -2.06. The molecule has 5 atom stereocenters. The first kappa shape index (κ1) is 39.7. The van der Waals surface area contributed by atoms with Gasteiger partial charge in [0.05, 0.1) is 30.5 Å². The van der Waals surface area contributed by atoms with Crippen molar-refractivity contribution in [3.63, 3.8) is 0 Å². The second kappa shape index (κ2) is 17.9. The molecule has 1 aliphatic heterocycles. The van der Waals surface area contributed by atoms with Gasteiger partial charge < -0.3 is 26.8 Å². The first-order valence-corrected chi connectivity index (χ1v) is 18.5. The van der Waals surface area contributed by atoms with Gasteiger partial charge in [-0.25, -0.2) is 0 Å². The highest BCUT2D eigenvalue weighted by molar-refractivity contribution is 6.12. The lowest BCUT2D eigenvalue weighted by atomic mass is 9.71. The fraction of sp³-hybridized carbons (Fsp3) is 0.575. The zero-order valence-corrected chi connectivity index (χ0v) is 30.8. The summed E-state index contributed by atoms with van der Waals surface area (Å²) in [6.45, 7) is 9.33. The van der Waals surface area contributed by atoms with Crippen LogP contribution in [-0.4, -0.2) is 69.8 Å². The van der Waals surface area contributed by atoms with E-state index < -0.39 is 53.3 Å².